The van der Waals surface area contributed by atoms with Crippen LogP contribution >= 0.6 is 0 Å². The Morgan fingerprint density at radius 2 is 1.55 bits per heavy atom. The molecule has 166 valence electrons. The molecule has 0 aliphatic carbocycles. The summed E-state index contributed by atoms with van der Waals surface area (Å²) < 4.78 is 20.9. The second kappa shape index (κ2) is 11.6. The second-order valence-corrected chi connectivity index (χ2v) is 6.66. The van der Waals surface area contributed by atoms with Gasteiger partial charge in [-0.05, 0) is 30.5 Å². The van der Waals surface area contributed by atoms with Crippen molar-refractivity contribution in [3.8, 4) is 17.2 Å². The minimum absolute atomic E-state index is 0.0544. The average molecular weight is 429 g/mol. The van der Waals surface area contributed by atoms with Gasteiger partial charge in [0.05, 0.1) is 21.3 Å². The third-order valence-corrected chi connectivity index (χ3v) is 4.55. The van der Waals surface area contributed by atoms with Crippen molar-refractivity contribution in [3.05, 3.63) is 53.1 Å². The third kappa shape index (κ3) is 6.47. The number of nitrogens with one attached hydrogen (secondary N) is 1. The highest BCUT2D eigenvalue weighted by Gasteiger charge is 2.22. The third-order valence-electron chi connectivity index (χ3n) is 4.55. The van der Waals surface area contributed by atoms with Crippen LogP contribution in [0.3, 0.4) is 0 Å². The zero-order valence-electron chi connectivity index (χ0n) is 18.2. The fraction of sp³-hybridized carbons (Fsp3) is 0.348. The van der Waals surface area contributed by atoms with E-state index in [1.54, 1.807) is 18.2 Å². The summed E-state index contributed by atoms with van der Waals surface area (Å²) in [5.41, 5.74) is 1.62. The first-order valence-electron chi connectivity index (χ1n) is 9.74. The summed E-state index contributed by atoms with van der Waals surface area (Å²) in [6.07, 6.45) is 1.58. The maximum Gasteiger partial charge on any atom is 0.342 e. The molecule has 0 fully saturated rings. The van der Waals surface area contributed by atoms with E-state index in [1.807, 2.05) is 12.1 Å². The van der Waals surface area contributed by atoms with Gasteiger partial charge >= 0.3 is 5.97 Å². The molecule has 0 aliphatic rings. The van der Waals surface area contributed by atoms with Crippen molar-refractivity contribution in [2.24, 2.45) is 0 Å². The van der Waals surface area contributed by atoms with Gasteiger partial charge in [-0.15, -0.1) is 0 Å². The molecule has 0 spiro atoms. The van der Waals surface area contributed by atoms with E-state index in [2.05, 4.69) is 5.32 Å². The number of Topliss-reactive ketones (excluding diaryl/α,β-unsaturated/α-hetero) is 1. The van der Waals surface area contributed by atoms with Crippen molar-refractivity contribution < 1.29 is 33.3 Å². The van der Waals surface area contributed by atoms with Crippen molar-refractivity contribution in [2.45, 2.75) is 19.8 Å². The summed E-state index contributed by atoms with van der Waals surface area (Å²) in [5, 5.41) is 2.74. The summed E-state index contributed by atoms with van der Waals surface area (Å²) >= 11 is 0. The molecule has 0 bridgehead atoms. The Hall–Kier alpha value is -3.55. The zero-order chi connectivity index (χ0) is 22.8. The molecule has 31 heavy (non-hydrogen) atoms. The smallest absolute Gasteiger partial charge is 0.342 e. The van der Waals surface area contributed by atoms with Gasteiger partial charge in [0.15, 0.2) is 23.9 Å². The highest BCUT2D eigenvalue weighted by molar-refractivity contribution is 6.00. The Kier molecular flexibility index (Phi) is 8.87. The molecular weight excluding hydrogens is 402 g/mol. The van der Waals surface area contributed by atoms with Crippen LogP contribution in [0.1, 0.15) is 39.6 Å². The van der Waals surface area contributed by atoms with E-state index in [9.17, 15) is 14.4 Å². The van der Waals surface area contributed by atoms with E-state index in [4.69, 9.17) is 18.9 Å². The number of esters is 1. The highest BCUT2D eigenvalue weighted by atomic mass is 16.5. The Balaban J connectivity index is 1.96. The first-order valence-corrected chi connectivity index (χ1v) is 9.74. The topological polar surface area (TPSA) is 100 Å². The van der Waals surface area contributed by atoms with E-state index in [0.717, 1.165) is 18.4 Å². The highest BCUT2D eigenvalue weighted by Crippen LogP contribution is 2.39. The van der Waals surface area contributed by atoms with Gasteiger partial charge in [-0.3, -0.25) is 9.59 Å². The summed E-state index contributed by atoms with van der Waals surface area (Å²) in [7, 11) is 4.31. The number of rotatable bonds is 11. The van der Waals surface area contributed by atoms with Crippen molar-refractivity contribution in [1.29, 1.82) is 0 Å². The Labute approximate surface area is 181 Å². The lowest BCUT2D eigenvalue weighted by molar-refractivity contribution is -0.118. The molecule has 0 aromatic heterocycles. The molecule has 0 saturated heterocycles. The monoisotopic (exact) mass is 429 g/mol. The molecule has 2 aromatic rings. The summed E-state index contributed by atoms with van der Waals surface area (Å²) in [6.45, 7) is 1.68. The molecule has 8 nitrogen and oxygen atoms in total. The number of methoxy groups -OCH3 is 3. The van der Waals surface area contributed by atoms with Gasteiger partial charge in [0.25, 0.3) is 0 Å². The molecule has 0 unspecified atom stereocenters. The van der Waals surface area contributed by atoms with Crippen LogP contribution in [-0.4, -0.2) is 52.1 Å². The second-order valence-electron chi connectivity index (χ2n) is 6.66. The lowest BCUT2D eigenvalue weighted by Gasteiger charge is -2.15. The van der Waals surface area contributed by atoms with E-state index in [0.29, 0.717) is 17.9 Å². The Morgan fingerprint density at radius 1 is 0.871 bits per heavy atom. The largest absolute Gasteiger partial charge is 0.493 e. The van der Waals surface area contributed by atoms with Crippen LogP contribution in [-0.2, 0) is 16.0 Å². The summed E-state index contributed by atoms with van der Waals surface area (Å²) in [4.78, 5) is 35.8. The van der Waals surface area contributed by atoms with Crippen LogP contribution in [0.5, 0.6) is 17.2 Å². The van der Waals surface area contributed by atoms with Crippen LogP contribution in [0, 0.1) is 0 Å². The van der Waals surface area contributed by atoms with Gasteiger partial charge in [-0.1, -0.05) is 24.3 Å². The molecule has 2 aromatic carbocycles. The quantitative estimate of drug-likeness (QED) is 0.333. The first kappa shape index (κ1) is 23.7. The number of carbonyl (C=O) groups is 3. The normalized spacial score (nSPS) is 10.2. The van der Waals surface area contributed by atoms with E-state index in [-0.39, 0.29) is 28.8 Å². The number of aryl methyl sites for hydroxylation is 1. The number of hydrogen-bond donors (Lipinski definition) is 1. The maximum atomic E-state index is 12.5. The van der Waals surface area contributed by atoms with Gasteiger partial charge in [0.1, 0.15) is 5.56 Å². The number of ether oxygens (including phenoxy) is 4. The number of ketones is 1. The van der Waals surface area contributed by atoms with Crippen molar-refractivity contribution in [3.63, 3.8) is 0 Å². The van der Waals surface area contributed by atoms with Crippen molar-refractivity contribution in [1.82, 2.24) is 5.32 Å². The molecular formula is C23H27NO7. The summed E-state index contributed by atoms with van der Waals surface area (Å²) in [6, 6.07) is 10.1. The van der Waals surface area contributed by atoms with E-state index < -0.39 is 12.6 Å². The lowest BCUT2D eigenvalue weighted by atomic mass is 10.1. The van der Waals surface area contributed by atoms with Crippen LogP contribution in [0.4, 0.5) is 0 Å². The van der Waals surface area contributed by atoms with E-state index >= 15 is 0 Å². The Bertz CT molecular complexity index is 922. The van der Waals surface area contributed by atoms with Gasteiger partial charge in [0.2, 0.25) is 11.7 Å². The molecule has 1 N–H and O–H groups in total. The molecule has 0 aliphatic heterocycles. The fourth-order valence-corrected chi connectivity index (χ4v) is 2.97. The molecule has 0 atom stereocenters. The lowest BCUT2D eigenvalue weighted by Crippen LogP contribution is -2.21. The average Bonchev–Trinajstić information content (AvgIpc) is 2.79. The van der Waals surface area contributed by atoms with Crippen LogP contribution in [0.25, 0.3) is 0 Å². The first-order chi connectivity index (χ1) is 14.9. The fourth-order valence-electron chi connectivity index (χ4n) is 2.97. The van der Waals surface area contributed by atoms with Gasteiger partial charge < -0.3 is 24.3 Å². The maximum absolute atomic E-state index is 12.5. The van der Waals surface area contributed by atoms with Crippen molar-refractivity contribution >= 4 is 17.7 Å². The SMILES string of the molecule is COc1ccc(C(=O)OCC(=O)c2ccc(CCCNC(C)=O)cc2)c(OC)c1OC. The minimum Gasteiger partial charge on any atom is -0.493 e. The predicted octanol–water partition coefficient (Wildman–Crippen LogP) is 2.82. The van der Waals surface area contributed by atoms with Gasteiger partial charge in [-0.25, -0.2) is 4.79 Å². The zero-order valence-corrected chi connectivity index (χ0v) is 18.2. The summed E-state index contributed by atoms with van der Waals surface area (Å²) in [5.74, 6) is -0.244. The number of amides is 1. The molecule has 8 heteroatoms. The van der Waals surface area contributed by atoms with Gasteiger partial charge in [-0.2, -0.15) is 0 Å². The standard InChI is InChI=1S/C23H27NO7/c1-15(25)24-13-5-6-16-7-9-17(10-8-16)19(26)14-31-23(27)18-11-12-20(28-2)22(30-4)21(18)29-3/h7-12H,5-6,13-14H2,1-4H3,(H,24,25). The molecule has 0 heterocycles. The van der Waals surface area contributed by atoms with E-state index in [1.165, 1.54) is 34.3 Å². The van der Waals surface area contributed by atoms with Crippen LogP contribution < -0.4 is 19.5 Å². The molecule has 2 rings (SSSR count). The van der Waals surface area contributed by atoms with Gasteiger partial charge in [0, 0.05) is 19.0 Å². The number of hydrogen-bond acceptors (Lipinski definition) is 7. The molecule has 0 radical (unpaired) electrons. The van der Waals surface area contributed by atoms with Crippen molar-refractivity contribution in [2.75, 3.05) is 34.5 Å². The van der Waals surface area contributed by atoms with Crippen LogP contribution in [0.2, 0.25) is 0 Å². The van der Waals surface area contributed by atoms with Crippen LogP contribution in [0.15, 0.2) is 36.4 Å². The molecule has 1 amide bonds. The number of benzene rings is 2. The minimum atomic E-state index is -0.708. The predicted molar refractivity (Wildman–Crippen MR) is 114 cm³/mol. The Morgan fingerprint density at radius 3 is 2.13 bits per heavy atom. The molecule has 0 saturated carbocycles. The number of carbonyl (C=O) groups excluding carboxylic acids is 3.